The fraction of sp³-hybridized carbons (Fsp3) is 0.586. The molecular formula is C29H41N5O2S. The number of piperidine rings is 1. The second kappa shape index (κ2) is 11.0. The molecule has 2 saturated heterocycles. The monoisotopic (exact) mass is 523 g/mol. The summed E-state index contributed by atoms with van der Waals surface area (Å²) in [5, 5.41) is 10.5. The largest absolute Gasteiger partial charge is 0.404 e. The van der Waals surface area contributed by atoms with Gasteiger partial charge in [-0.15, -0.1) is 11.3 Å². The number of aromatic amines is 1. The third-order valence-corrected chi connectivity index (χ3v) is 9.71. The molecule has 0 radical (unpaired) electrons. The number of H-pyrrole nitrogens is 1. The van der Waals surface area contributed by atoms with Crippen molar-refractivity contribution in [2.45, 2.75) is 71.3 Å². The number of nitriles is 1. The normalized spacial score (nSPS) is 21.0. The van der Waals surface area contributed by atoms with E-state index in [0.29, 0.717) is 24.9 Å². The van der Waals surface area contributed by atoms with Gasteiger partial charge in [0, 0.05) is 54.6 Å². The number of likely N-dealkylation sites (N-methyl/N-ethyl adjacent to an activating group) is 1. The highest BCUT2D eigenvalue weighted by atomic mass is 32.1. The third kappa shape index (κ3) is 5.22. The molecule has 4 rings (SSSR count). The number of aromatic nitrogens is 1. The highest BCUT2D eigenvalue weighted by molar-refractivity contribution is 7.19. The quantitative estimate of drug-likeness (QED) is 0.212. The second-order valence-corrected chi connectivity index (χ2v) is 12.2. The highest BCUT2D eigenvalue weighted by Gasteiger charge is 2.44. The molecule has 8 heteroatoms. The first-order valence-electron chi connectivity index (χ1n) is 13.3. The molecule has 2 aliphatic heterocycles. The van der Waals surface area contributed by atoms with Crippen molar-refractivity contribution in [2.75, 3.05) is 39.8 Å². The van der Waals surface area contributed by atoms with Gasteiger partial charge in [0.2, 0.25) is 0 Å². The van der Waals surface area contributed by atoms with Gasteiger partial charge in [0.25, 0.3) is 0 Å². The van der Waals surface area contributed by atoms with Gasteiger partial charge in [-0.25, -0.2) is 0 Å². The molecule has 2 aliphatic rings. The number of aryl methyl sites for hydroxylation is 1. The number of carbonyl (C=O) groups is 1. The van der Waals surface area contributed by atoms with E-state index in [1.54, 1.807) is 18.1 Å². The van der Waals surface area contributed by atoms with Crippen LogP contribution in [0.1, 0.15) is 80.5 Å². The van der Waals surface area contributed by atoms with Gasteiger partial charge in [-0.05, 0) is 68.2 Å². The Kier molecular flexibility index (Phi) is 8.17. The van der Waals surface area contributed by atoms with Crippen molar-refractivity contribution >= 4 is 33.4 Å². The van der Waals surface area contributed by atoms with Crippen molar-refractivity contribution in [3.63, 3.8) is 0 Å². The van der Waals surface area contributed by atoms with Crippen molar-refractivity contribution in [3.05, 3.63) is 39.0 Å². The second-order valence-electron chi connectivity index (χ2n) is 11.2. The van der Waals surface area contributed by atoms with Gasteiger partial charge in [0.15, 0.2) is 6.19 Å². The topological polar surface area (TPSA) is 98.4 Å². The Balaban J connectivity index is 1.65. The summed E-state index contributed by atoms with van der Waals surface area (Å²) in [5.41, 5.74) is 13.1. The zero-order chi connectivity index (χ0) is 26.9. The molecule has 3 N–H and O–H groups in total. The number of ether oxygens (including phenoxy) is 1. The lowest BCUT2D eigenvalue weighted by atomic mass is 9.84. The van der Waals surface area contributed by atoms with Crippen LogP contribution in [0.3, 0.4) is 0 Å². The summed E-state index contributed by atoms with van der Waals surface area (Å²) in [6.45, 7) is 14.6. The summed E-state index contributed by atoms with van der Waals surface area (Å²) < 4.78 is 6.48. The lowest BCUT2D eigenvalue weighted by molar-refractivity contribution is -0.110. The summed E-state index contributed by atoms with van der Waals surface area (Å²) in [7, 11) is 1.79. The fourth-order valence-corrected chi connectivity index (χ4v) is 7.48. The molecule has 0 aliphatic carbocycles. The van der Waals surface area contributed by atoms with Crippen LogP contribution in [-0.2, 0) is 9.53 Å². The molecular weight excluding hydrogens is 482 g/mol. The van der Waals surface area contributed by atoms with Gasteiger partial charge in [-0.2, -0.15) is 5.26 Å². The fourth-order valence-electron chi connectivity index (χ4n) is 6.17. The van der Waals surface area contributed by atoms with Gasteiger partial charge < -0.3 is 25.1 Å². The average molecular weight is 524 g/mol. The van der Waals surface area contributed by atoms with E-state index >= 15 is 0 Å². The first-order valence-corrected chi connectivity index (χ1v) is 14.1. The third-order valence-electron chi connectivity index (χ3n) is 8.34. The first-order chi connectivity index (χ1) is 17.6. The average Bonchev–Trinajstić information content (AvgIpc) is 3.54. The number of hydrogen-bond donors (Lipinski definition) is 2. The van der Waals surface area contributed by atoms with Crippen LogP contribution in [0.4, 0.5) is 0 Å². The molecule has 0 bridgehead atoms. The van der Waals surface area contributed by atoms with Crippen molar-refractivity contribution in [1.82, 2.24) is 14.8 Å². The summed E-state index contributed by atoms with van der Waals surface area (Å²) >= 11 is 1.86. The van der Waals surface area contributed by atoms with Crippen LogP contribution in [0.5, 0.6) is 0 Å². The van der Waals surface area contributed by atoms with Crippen molar-refractivity contribution < 1.29 is 9.53 Å². The van der Waals surface area contributed by atoms with Crippen LogP contribution < -0.4 is 5.73 Å². The number of thiophene rings is 1. The Bertz CT molecular complexity index is 1250. The van der Waals surface area contributed by atoms with Crippen LogP contribution >= 0.6 is 11.3 Å². The van der Waals surface area contributed by atoms with Crippen LogP contribution in [0.25, 0.3) is 15.8 Å². The van der Waals surface area contributed by atoms with Crippen LogP contribution in [0.2, 0.25) is 0 Å². The number of nitrogens with zero attached hydrogens (tertiary/aromatic N) is 3. The minimum Gasteiger partial charge on any atom is -0.404 e. The van der Waals surface area contributed by atoms with Crippen LogP contribution in [-0.4, -0.2) is 66.5 Å². The number of rotatable bonds is 8. The molecule has 2 aromatic heterocycles. The van der Waals surface area contributed by atoms with Crippen LogP contribution in [0, 0.1) is 18.4 Å². The van der Waals surface area contributed by atoms with E-state index in [1.807, 2.05) is 11.3 Å². The predicted molar refractivity (Wildman–Crippen MR) is 152 cm³/mol. The molecule has 1 atom stereocenters. The number of nitrogens with one attached hydrogen (secondary N) is 1. The Labute approximate surface area is 224 Å². The Morgan fingerprint density at radius 2 is 2.08 bits per heavy atom. The van der Waals surface area contributed by atoms with E-state index in [0.717, 1.165) is 67.7 Å². The molecule has 1 unspecified atom stereocenters. The van der Waals surface area contributed by atoms with E-state index in [-0.39, 0.29) is 5.60 Å². The minimum absolute atomic E-state index is 0.0499. The van der Waals surface area contributed by atoms with Gasteiger partial charge in [-0.3, -0.25) is 4.90 Å². The number of aldehydes is 1. The highest BCUT2D eigenvalue weighted by Crippen LogP contribution is 2.49. The SMILES string of the molecule is C/C(CN(C)C#N)=C(C)/C(=C\N)c1[nH]c2sc(C3COC4(CCN(CC=O)CC4)C3)c(C)c2c1C(C)C. The minimum atomic E-state index is -0.0499. The number of hydrogen-bond acceptors (Lipinski definition) is 7. The number of fused-ring (bicyclic) bond motifs is 1. The summed E-state index contributed by atoms with van der Waals surface area (Å²) in [5.74, 6) is 0.727. The molecule has 200 valence electrons. The maximum absolute atomic E-state index is 10.9. The van der Waals surface area contributed by atoms with E-state index in [1.165, 1.54) is 26.2 Å². The maximum atomic E-state index is 10.9. The van der Waals surface area contributed by atoms with Crippen LogP contribution in [0.15, 0.2) is 17.3 Å². The number of nitrogens with two attached hydrogens (primary N) is 1. The lowest BCUT2D eigenvalue weighted by Crippen LogP contribution is -2.44. The maximum Gasteiger partial charge on any atom is 0.179 e. The summed E-state index contributed by atoms with van der Waals surface area (Å²) in [6, 6.07) is 0. The molecule has 1 spiro atoms. The number of carbonyl (C=O) groups excluding carboxylic acids is 1. The lowest BCUT2D eigenvalue weighted by Gasteiger charge is -2.38. The van der Waals surface area contributed by atoms with Gasteiger partial charge >= 0.3 is 0 Å². The van der Waals surface area contributed by atoms with E-state index in [9.17, 15) is 10.1 Å². The number of likely N-dealkylation sites (tertiary alicyclic amines) is 1. The number of allylic oxidation sites excluding steroid dienone is 2. The van der Waals surface area contributed by atoms with Gasteiger partial charge in [-0.1, -0.05) is 13.8 Å². The molecule has 7 nitrogen and oxygen atoms in total. The van der Waals surface area contributed by atoms with E-state index in [2.05, 4.69) is 50.7 Å². The smallest absolute Gasteiger partial charge is 0.179 e. The molecule has 2 fully saturated rings. The summed E-state index contributed by atoms with van der Waals surface area (Å²) in [4.78, 5) is 21.1. The zero-order valence-corrected chi connectivity index (χ0v) is 23.9. The Morgan fingerprint density at radius 1 is 1.38 bits per heavy atom. The van der Waals surface area contributed by atoms with Crippen molar-refractivity contribution in [2.24, 2.45) is 5.73 Å². The van der Waals surface area contributed by atoms with Crippen molar-refractivity contribution in [1.29, 1.82) is 5.26 Å². The zero-order valence-electron chi connectivity index (χ0n) is 23.1. The van der Waals surface area contributed by atoms with E-state index in [4.69, 9.17) is 10.5 Å². The predicted octanol–water partition coefficient (Wildman–Crippen LogP) is 5.25. The van der Waals surface area contributed by atoms with Crippen molar-refractivity contribution in [3.8, 4) is 6.19 Å². The molecule has 0 aromatic carbocycles. The Morgan fingerprint density at radius 3 is 2.68 bits per heavy atom. The van der Waals surface area contributed by atoms with Gasteiger partial charge in [0.1, 0.15) is 11.1 Å². The molecule has 2 aromatic rings. The molecule has 0 amide bonds. The standard InChI is InChI=1S/C29H41N5O2S/c1-18(2)24-25-21(5)27(22-13-29(36-16-22)7-9-34(10-8-29)11-12-35)37-28(25)32-26(24)23(14-30)20(4)19(3)15-33(6)17-31/h12,14,18,22,32H,7-11,13,15-16,30H2,1-6H3/b20-19-,23-14+. The first kappa shape index (κ1) is 27.4. The summed E-state index contributed by atoms with van der Waals surface area (Å²) in [6.07, 6.45) is 7.93. The molecule has 0 saturated carbocycles. The Hall–Kier alpha value is -2.60. The molecule has 4 heterocycles. The molecule has 37 heavy (non-hydrogen) atoms. The van der Waals surface area contributed by atoms with E-state index < -0.39 is 0 Å². The van der Waals surface area contributed by atoms with Gasteiger partial charge in [0.05, 0.1) is 24.4 Å².